The van der Waals surface area contributed by atoms with Crippen LogP contribution in [-0.2, 0) is 6.61 Å². The number of aliphatic hydroxyl groups is 1. The van der Waals surface area contributed by atoms with Crippen LogP contribution in [0.25, 0.3) is 0 Å². The summed E-state index contributed by atoms with van der Waals surface area (Å²) in [4.78, 5) is 17.3. The fourth-order valence-electron chi connectivity index (χ4n) is 1.29. The van der Waals surface area contributed by atoms with Crippen LogP contribution in [0.4, 0.5) is 5.69 Å². The van der Waals surface area contributed by atoms with E-state index in [0.29, 0.717) is 11.3 Å². The van der Waals surface area contributed by atoms with Gasteiger partial charge in [-0.2, -0.15) is 9.97 Å². The number of nitrogens with zero attached hydrogens (tertiary/aromatic N) is 3. The van der Waals surface area contributed by atoms with Crippen LogP contribution in [0.1, 0.15) is 5.56 Å². The summed E-state index contributed by atoms with van der Waals surface area (Å²) in [6.45, 7) is -0.177. The number of para-hydroxylation sites is 1. The van der Waals surface area contributed by atoms with E-state index in [1.807, 2.05) is 0 Å². The van der Waals surface area contributed by atoms with Gasteiger partial charge in [0.25, 0.3) is 0 Å². The summed E-state index contributed by atoms with van der Waals surface area (Å²) >= 11 is 0. The molecule has 0 amide bonds. The van der Waals surface area contributed by atoms with Crippen molar-refractivity contribution < 1.29 is 14.8 Å². The minimum atomic E-state index is -0.592. The molecule has 0 aliphatic rings. The van der Waals surface area contributed by atoms with Gasteiger partial charge in [-0.15, -0.1) is 0 Å². The van der Waals surface area contributed by atoms with Gasteiger partial charge in [0.15, 0.2) is 0 Å². The van der Waals surface area contributed by atoms with Crippen molar-refractivity contribution in [2.75, 3.05) is 0 Å². The fraction of sp³-hybridized carbons (Fsp3) is 0.0909. The molecular formula is C11H9N3O4. The summed E-state index contributed by atoms with van der Waals surface area (Å²) in [7, 11) is 0. The van der Waals surface area contributed by atoms with E-state index in [1.165, 1.54) is 0 Å². The predicted octanol–water partition coefficient (Wildman–Crippen LogP) is 1.67. The average molecular weight is 247 g/mol. The lowest BCUT2D eigenvalue weighted by Gasteiger charge is -2.06. The van der Waals surface area contributed by atoms with Crippen molar-refractivity contribution in [2.24, 2.45) is 0 Å². The molecule has 0 fully saturated rings. The van der Waals surface area contributed by atoms with Crippen molar-refractivity contribution >= 4 is 5.69 Å². The van der Waals surface area contributed by atoms with Crippen LogP contribution < -0.4 is 4.74 Å². The van der Waals surface area contributed by atoms with Gasteiger partial charge in [0, 0.05) is 5.56 Å². The summed E-state index contributed by atoms with van der Waals surface area (Å²) in [5.41, 5.74) is 0.372. The van der Waals surface area contributed by atoms with Gasteiger partial charge in [-0.1, -0.05) is 18.2 Å². The standard InChI is InChI=1S/C11H9N3O4/c15-7-8-3-1-2-4-10(8)18-11-12-5-9(6-13-11)14(16)17/h1-6,15H,7H2. The number of nitro groups is 1. The Kier molecular flexibility index (Phi) is 3.44. The lowest BCUT2D eigenvalue weighted by molar-refractivity contribution is -0.385. The van der Waals surface area contributed by atoms with E-state index in [0.717, 1.165) is 12.4 Å². The molecule has 0 spiro atoms. The van der Waals surface area contributed by atoms with E-state index in [-0.39, 0.29) is 18.3 Å². The normalized spacial score (nSPS) is 10.1. The van der Waals surface area contributed by atoms with E-state index in [4.69, 9.17) is 9.84 Å². The number of ether oxygens (including phenoxy) is 1. The van der Waals surface area contributed by atoms with Crippen molar-refractivity contribution in [1.82, 2.24) is 9.97 Å². The van der Waals surface area contributed by atoms with Crippen LogP contribution >= 0.6 is 0 Å². The molecule has 0 aliphatic carbocycles. The Morgan fingerprint density at radius 2 is 1.94 bits per heavy atom. The molecule has 92 valence electrons. The van der Waals surface area contributed by atoms with Crippen LogP contribution in [0.15, 0.2) is 36.7 Å². The Bertz CT molecular complexity index is 556. The van der Waals surface area contributed by atoms with E-state index in [1.54, 1.807) is 24.3 Å². The summed E-state index contributed by atoms with van der Waals surface area (Å²) in [5.74, 6) is 0.411. The van der Waals surface area contributed by atoms with Crippen molar-refractivity contribution in [2.45, 2.75) is 6.61 Å². The maximum atomic E-state index is 10.4. The van der Waals surface area contributed by atoms with Crippen molar-refractivity contribution in [3.63, 3.8) is 0 Å². The highest BCUT2D eigenvalue weighted by Crippen LogP contribution is 2.23. The molecule has 0 unspecified atom stereocenters. The molecule has 2 aromatic rings. The zero-order chi connectivity index (χ0) is 13.0. The van der Waals surface area contributed by atoms with Gasteiger partial charge in [-0.3, -0.25) is 10.1 Å². The first kappa shape index (κ1) is 11.9. The summed E-state index contributed by atoms with van der Waals surface area (Å²) in [6, 6.07) is 6.83. The molecule has 0 atom stereocenters. The van der Waals surface area contributed by atoms with Gasteiger partial charge in [-0.25, -0.2) is 0 Å². The largest absolute Gasteiger partial charge is 0.424 e. The zero-order valence-corrected chi connectivity index (χ0v) is 9.18. The molecular weight excluding hydrogens is 238 g/mol. The Balaban J connectivity index is 2.21. The summed E-state index contributed by atoms with van der Waals surface area (Å²) < 4.78 is 5.33. The minimum Gasteiger partial charge on any atom is -0.424 e. The highest BCUT2D eigenvalue weighted by molar-refractivity contribution is 5.34. The van der Waals surface area contributed by atoms with Crippen molar-refractivity contribution in [3.05, 3.63) is 52.3 Å². The average Bonchev–Trinajstić information content (AvgIpc) is 2.40. The van der Waals surface area contributed by atoms with Gasteiger partial charge in [0.1, 0.15) is 18.1 Å². The molecule has 0 bridgehead atoms. The number of hydrogen-bond donors (Lipinski definition) is 1. The van der Waals surface area contributed by atoms with Gasteiger partial charge < -0.3 is 9.84 Å². The number of rotatable bonds is 4. The van der Waals surface area contributed by atoms with Gasteiger partial charge in [-0.05, 0) is 6.07 Å². The lowest BCUT2D eigenvalue weighted by atomic mass is 10.2. The molecule has 0 saturated carbocycles. The number of aliphatic hydroxyl groups excluding tert-OH is 1. The SMILES string of the molecule is O=[N+]([O-])c1cnc(Oc2ccccc2CO)nc1. The first-order valence-corrected chi connectivity index (χ1v) is 5.04. The lowest BCUT2D eigenvalue weighted by Crippen LogP contribution is -1.96. The maximum absolute atomic E-state index is 10.4. The minimum absolute atomic E-state index is 0.0125. The molecule has 0 aliphatic heterocycles. The monoisotopic (exact) mass is 247 g/mol. The van der Waals surface area contributed by atoms with Crippen molar-refractivity contribution in [1.29, 1.82) is 0 Å². The van der Waals surface area contributed by atoms with Gasteiger partial charge >= 0.3 is 11.7 Å². The van der Waals surface area contributed by atoms with E-state index in [2.05, 4.69) is 9.97 Å². The molecule has 1 aromatic carbocycles. The summed E-state index contributed by atoms with van der Waals surface area (Å²) in [6.07, 6.45) is 2.12. The molecule has 2 rings (SSSR count). The number of benzene rings is 1. The van der Waals surface area contributed by atoms with Crippen LogP contribution in [0.2, 0.25) is 0 Å². The highest BCUT2D eigenvalue weighted by Gasteiger charge is 2.09. The maximum Gasteiger partial charge on any atom is 0.322 e. The second-order valence-electron chi connectivity index (χ2n) is 3.35. The Hall–Kier alpha value is -2.54. The molecule has 1 heterocycles. The van der Waals surface area contributed by atoms with Crippen LogP contribution in [0, 0.1) is 10.1 Å². The third-order valence-corrected chi connectivity index (χ3v) is 2.17. The van der Waals surface area contributed by atoms with E-state index < -0.39 is 4.92 Å². The molecule has 1 N–H and O–H groups in total. The summed E-state index contributed by atoms with van der Waals surface area (Å²) in [5, 5.41) is 19.5. The van der Waals surface area contributed by atoms with Crippen molar-refractivity contribution in [3.8, 4) is 11.8 Å². The molecule has 18 heavy (non-hydrogen) atoms. The number of aromatic nitrogens is 2. The zero-order valence-electron chi connectivity index (χ0n) is 9.18. The van der Waals surface area contributed by atoms with Crippen LogP contribution in [-0.4, -0.2) is 20.0 Å². The molecule has 7 heteroatoms. The van der Waals surface area contributed by atoms with Crippen LogP contribution in [0.3, 0.4) is 0 Å². The van der Waals surface area contributed by atoms with E-state index in [9.17, 15) is 10.1 Å². The Morgan fingerprint density at radius 3 is 2.56 bits per heavy atom. The molecule has 0 saturated heterocycles. The van der Waals surface area contributed by atoms with Gasteiger partial charge in [0.2, 0.25) is 0 Å². The highest BCUT2D eigenvalue weighted by atomic mass is 16.6. The predicted molar refractivity (Wildman–Crippen MR) is 61.1 cm³/mol. The molecule has 0 radical (unpaired) electrons. The second-order valence-corrected chi connectivity index (χ2v) is 3.35. The first-order valence-electron chi connectivity index (χ1n) is 5.04. The second kappa shape index (κ2) is 5.19. The number of hydrogen-bond acceptors (Lipinski definition) is 6. The molecule has 1 aromatic heterocycles. The fourth-order valence-corrected chi connectivity index (χ4v) is 1.29. The third kappa shape index (κ3) is 2.58. The van der Waals surface area contributed by atoms with Gasteiger partial charge in [0.05, 0.1) is 11.5 Å². The Labute approximate surface area is 102 Å². The van der Waals surface area contributed by atoms with Crippen LogP contribution in [0.5, 0.6) is 11.8 Å². The topological polar surface area (TPSA) is 98.4 Å². The first-order chi connectivity index (χ1) is 8.70. The van der Waals surface area contributed by atoms with E-state index >= 15 is 0 Å². The third-order valence-electron chi connectivity index (χ3n) is 2.17. The Morgan fingerprint density at radius 1 is 1.28 bits per heavy atom. The quantitative estimate of drug-likeness (QED) is 0.651. The smallest absolute Gasteiger partial charge is 0.322 e. The molecule has 7 nitrogen and oxygen atoms in total.